The minimum absolute atomic E-state index is 0.0998. The van der Waals surface area contributed by atoms with Gasteiger partial charge in [-0.2, -0.15) is 0 Å². The topological polar surface area (TPSA) is 86.5 Å². The molecule has 0 radical (unpaired) electrons. The maximum Gasteiger partial charge on any atom is 0.220 e. The van der Waals surface area contributed by atoms with Gasteiger partial charge < -0.3 is 19.2 Å². The molecule has 0 fully saturated rings. The van der Waals surface area contributed by atoms with Gasteiger partial charge in [-0.3, -0.25) is 4.79 Å². The molecule has 0 unspecified atom stereocenters. The van der Waals surface area contributed by atoms with Crippen LogP contribution in [-0.4, -0.2) is 22.5 Å². The van der Waals surface area contributed by atoms with Crippen LogP contribution >= 0.6 is 11.6 Å². The van der Waals surface area contributed by atoms with Crippen LogP contribution in [0, 0.1) is 0 Å². The van der Waals surface area contributed by atoms with Crippen LogP contribution in [0.3, 0.4) is 0 Å². The highest BCUT2D eigenvalue weighted by Gasteiger charge is 2.10. The summed E-state index contributed by atoms with van der Waals surface area (Å²) in [6.45, 7) is 2.83. The van der Waals surface area contributed by atoms with Crippen LogP contribution in [0.25, 0.3) is 11.3 Å². The molecule has 34 heavy (non-hydrogen) atoms. The summed E-state index contributed by atoms with van der Waals surface area (Å²) in [5, 5.41) is 3.54. The zero-order valence-corrected chi connectivity index (χ0v) is 19.4. The summed E-state index contributed by atoms with van der Waals surface area (Å²) in [7, 11) is 0. The maximum absolute atomic E-state index is 12.3. The smallest absolute Gasteiger partial charge is 0.220 e. The summed E-state index contributed by atoms with van der Waals surface area (Å²) < 4.78 is 17.1. The lowest BCUT2D eigenvalue weighted by Gasteiger charge is -2.11. The van der Waals surface area contributed by atoms with Crippen LogP contribution in [0.1, 0.15) is 24.8 Å². The first-order chi connectivity index (χ1) is 16.6. The van der Waals surface area contributed by atoms with Crippen LogP contribution in [0.15, 0.2) is 77.5 Å². The van der Waals surface area contributed by atoms with E-state index in [4.69, 9.17) is 25.5 Å². The molecule has 0 spiro atoms. The van der Waals surface area contributed by atoms with E-state index in [1.54, 1.807) is 30.6 Å². The minimum Gasteiger partial charge on any atom is -0.490 e. The lowest BCUT2D eigenvalue weighted by Crippen LogP contribution is -2.23. The number of amides is 1. The molecule has 2 aromatic heterocycles. The van der Waals surface area contributed by atoms with Crippen molar-refractivity contribution in [1.82, 2.24) is 15.3 Å². The third kappa shape index (κ3) is 6.36. The van der Waals surface area contributed by atoms with Gasteiger partial charge in [-0.15, -0.1) is 0 Å². The van der Waals surface area contributed by atoms with Gasteiger partial charge in [0.2, 0.25) is 11.8 Å². The van der Waals surface area contributed by atoms with E-state index in [-0.39, 0.29) is 12.3 Å². The monoisotopic (exact) mass is 477 g/mol. The lowest BCUT2D eigenvalue weighted by atomic mass is 10.2. The van der Waals surface area contributed by atoms with Crippen molar-refractivity contribution >= 4 is 17.5 Å². The Labute approximate surface area is 202 Å². The average molecular weight is 478 g/mol. The van der Waals surface area contributed by atoms with Crippen LogP contribution in [-0.2, 0) is 17.8 Å². The highest BCUT2D eigenvalue weighted by Crippen LogP contribution is 2.30. The third-order valence-corrected chi connectivity index (χ3v) is 5.15. The second kappa shape index (κ2) is 11.3. The summed E-state index contributed by atoms with van der Waals surface area (Å²) in [6.07, 6.45) is 4.00. The lowest BCUT2D eigenvalue weighted by molar-refractivity contribution is -0.121. The second-order valence-corrected chi connectivity index (χ2v) is 7.82. The summed E-state index contributed by atoms with van der Waals surface area (Å²) >= 11 is 5.91. The Kier molecular flexibility index (Phi) is 7.78. The van der Waals surface area contributed by atoms with Gasteiger partial charge in [0, 0.05) is 42.2 Å². The van der Waals surface area contributed by atoms with E-state index >= 15 is 0 Å². The van der Waals surface area contributed by atoms with E-state index < -0.39 is 0 Å². The van der Waals surface area contributed by atoms with Gasteiger partial charge in [-0.05, 0) is 48.9 Å². The number of carbonyl (C=O) groups is 1. The van der Waals surface area contributed by atoms with Gasteiger partial charge in [-0.1, -0.05) is 29.8 Å². The van der Waals surface area contributed by atoms with Crippen molar-refractivity contribution in [2.75, 3.05) is 6.61 Å². The Morgan fingerprint density at radius 1 is 1.00 bits per heavy atom. The third-order valence-electron chi connectivity index (χ3n) is 4.90. The molecule has 4 aromatic rings. The zero-order chi connectivity index (χ0) is 23.8. The Bertz CT molecular complexity index is 1220. The maximum atomic E-state index is 12.3. The predicted octanol–water partition coefficient (Wildman–Crippen LogP) is 5.83. The summed E-state index contributed by atoms with van der Waals surface area (Å²) in [5.74, 6) is 2.76. The Hall–Kier alpha value is -3.84. The van der Waals surface area contributed by atoms with E-state index in [2.05, 4.69) is 15.3 Å². The molecule has 0 bridgehead atoms. The molecule has 4 rings (SSSR count). The molecule has 7 nitrogen and oxygen atoms in total. The molecule has 0 saturated carbocycles. The summed E-state index contributed by atoms with van der Waals surface area (Å²) in [5.41, 5.74) is 1.74. The fraction of sp³-hybridized carbons (Fsp3) is 0.192. The molecule has 0 saturated heterocycles. The minimum atomic E-state index is -0.0998. The van der Waals surface area contributed by atoms with Crippen LogP contribution in [0.2, 0.25) is 5.02 Å². The van der Waals surface area contributed by atoms with Gasteiger partial charge in [0.25, 0.3) is 0 Å². The first kappa shape index (κ1) is 23.3. The van der Waals surface area contributed by atoms with Crippen molar-refractivity contribution < 1.29 is 18.7 Å². The number of pyridine rings is 1. The summed E-state index contributed by atoms with van der Waals surface area (Å²) in [6, 6.07) is 18.4. The quantitative estimate of drug-likeness (QED) is 0.309. The molecule has 2 aromatic carbocycles. The van der Waals surface area contributed by atoms with Gasteiger partial charge in [0.1, 0.15) is 0 Å². The molecule has 2 heterocycles. The first-order valence-electron chi connectivity index (χ1n) is 10.9. The molecule has 8 heteroatoms. The van der Waals surface area contributed by atoms with Crippen molar-refractivity contribution in [1.29, 1.82) is 0 Å². The number of hydrogen-bond donors (Lipinski definition) is 1. The van der Waals surface area contributed by atoms with Crippen molar-refractivity contribution in [2.45, 2.75) is 26.3 Å². The Morgan fingerprint density at radius 3 is 2.53 bits per heavy atom. The Morgan fingerprint density at radius 2 is 1.79 bits per heavy atom. The number of halogens is 1. The number of ether oxygens (including phenoxy) is 2. The van der Waals surface area contributed by atoms with E-state index in [1.807, 2.05) is 49.4 Å². The highest BCUT2D eigenvalue weighted by molar-refractivity contribution is 6.30. The zero-order valence-electron chi connectivity index (χ0n) is 18.7. The highest BCUT2D eigenvalue weighted by atomic mass is 35.5. The number of carbonyl (C=O) groups excluding carboxylic acids is 1. The first-order valence-corrected chi connectivity index (χ1v) is 11.3. The molecular formula is C26H24ClN3O4. The number of hydrogen-bond acceptors (Lipinski definition) is 6. The number of rotatable bonds is 10. The largest absolute Gasteiger partial charge is 0.490 e. The SMILES string of the molecule is CCOc1ccccc1Oc1ccc(CNC(=O)CCc2ncc(-c3ccc(Cl)cc3)o2)cn1. The van der Waals surface area contributed by atoms with Crippen molar-refractivity contribution in [3.63, 3.8) is 0 Å². The number of benzene rings is 2. The molecular weight excluding hydrogens is 454 g/mol. The fourth-order valence-corrected chi connectivity index (χ4v) is 3.31. The number of oxazole rings is 1. The van der Waals surface area contributed by atoms with Crippen molar-refractivity contribution in [3.05, 3.63) is 89.5 Å². The number of aryl methyl sites for hydroxylation is 1. The van der Waals surface area contributed by atoms with E-state index in [1.165, 1.54) is 0 Å². The Balaban J connectivity index is 1.24. The molecule has 0 atom stereocenters. The standard InChI is InChI=1S/C26H24ClN3O4/c1-2-32-21-5-3-4-6-22(21)33-25-13-7-18(16-29-25)15-28-24(31)12-14-26-30-17-23(34-26)19-8-10-20(27)11-9-19/h3-11,13,16-17H,2,12,14-15H2,1H3,(H,28,31). The van der Waals surface area contributed by atoms with E-state index in [9.17, 15) is 4.79 Å². The molecule has 0 aliphatic rings. The fourth-order valence-electron chi connectivity index (χ4n) is 3.18. The van der Waals surface area contributed by atoms with E-state index in [0.29, 0.717) is 53.6 Å². The molecule has 1 amide bonds. The molecule has 1 N–H and O–H groups in total. The van der Waals surface area contributed by atoms with Crippen LogP contribution in [0.5, 0.6) is 17.4 Å². The van der Waals surface area contributed by atoms with Crippen molar-refractivity contribution in [3.8, 4) is 28.7 Å². The summed E-state index contributed by atoms with van der Waals surface area (Å²) in [4.78, 5) is 20.8. The van der Waals surface area contributed by atoms with Gasteiger partial charge >= 0.3 is 0 Å². The molecule has 0 aliphatic heterocycles. The van der Waals surface area contributed by atoms with Gasteiger partial charge in [0.15, 0.2) is 23.1 Å². The van der Waals surface area contributed by atoms with Crippen molar-refractivity contribution in [2.24, 2.45) is 0 Å². The number of nitrogens with one attached hydrogen (secondary N) is 1. The van der Waals surface area contributed by atoms with Gasteiger partial charge in [0.05, 0.1) is 12.8 Å². The van der Waals surface area contributed by atoms with Crippen LogP contribution in [0.4, 0.5) is 0 Å². The number of para-hydroxylation sites is 2. The molecule has 174 valence electrons. The molecule has 0 aliphatic carbocycles. The van der Waals surface area contributed by atoms with Gasteiger partial charge in [-0.25, -0.2) is 9.97 Å². The van der Waals surface area contributed by atoms with Crippen LogP contribution < -0.4 is 14.8 Å². The second-order valence-electron chi connectivity index (χ2n) is 7.39. The predicted molar refractivity (Wildman–Crippen MR) is 129 cm³/mol. The average Bonchev–Trinajstić information content (AvgIpc) is 3.33. The normalized spacial score (nSPS) is 10.6. The number of nitrogens with zero attached hydrogens (tertiary/aromatic N) is 2. The number of aromatic nitrogens is 2. The van der Waals surface area contributed by atoms with E-state index in [0.717, 1.165) is 11.1 Å².